The van der Waals surface area contributed by atoms with Gasteiger partial charge in [0.1, 0.15) is 23.0 Å². The van der Waals surface area contributed by atoms with Crippen molar-refractivity contribution in [2.75, 3.05) is 18.9 Å². The molecule has 0 saturated carbocycles. The molecule has 10 nitrogen and oxygen atoms in total. The molecular weight excluding hydrogens is 340 g/mol. The van der Waals surface area contributed by atoms with Crippen molar-refractivity contribution in [3.63, 3.8) is 0 Å². The number of fused-ring (bicyclic) bond motifs is 1. The lowest BCUT2D eigenvalue weighted by atomic mass is 10.1. The zero-order valence-corrected chi connectivity index (χ0v) is 13.6. The van der Waals surface area contributed by atoms with Crippen molar-refractivity contribution in [3.8, 4) is 5.88 Å². The van der Waals surface area contributed by atoms with E-state index in [2.05, 4.69) is 9.97 Å². The first-order valence-corrected chi connectivity index (χ1v) is 8.23. The van der Waals surface area contributed by atoms with Gasteiger partial charge in [0.15, 0.2) is 11.9 Å². The second-order valence-corrected chi connectivity index (χ2v) is 6.32. The van der Waals surface area contributed by atoms with Crippen LogP contribution in [0.4, 0.5) is 5.95 Å². The molecule has 0 bridgehead atoms. The maximum absolute atomic E-state index is 12.4. The minimum Gasteiger partial charge on any atom is -0.476 e. The molecule has 5 N–H and O–H groups in total. The molecule has 1 fully saturated rings. The van der Waals surface area contributed by atoms with E-state index >= 15 is 0 Å². The Morgan fingerprint density at radius 1 is 1.38 bits per heavy atom. The number of aromatic nitrogens is 3. The highest BCUT2D eigenvalue weighted by molar-refractivity contribution is 7.16. The van der Waals surface area contributed by atoms with Gasteiger partial charge in [-0.3, -0.25) is 9.36 Å². The van der Waals surface area contributed by atoms with Gasteiger partial charge in [-0.2, -0.15) is 9.97 Å². The van der Waals surface area contributed by atoms with Gasteiger partial charge in [-0.05, 0) is 6.42 Å². The van der Waals surface area contributed by atoms with Crippen LogP contribution in [0.3, 0.4) is 0 Å². The number of hydrogen-bond donors (Lipinski definition) is 4. The number of rotatable bonds is 5. The van der Waals surface area contributed by atoms with Crippen molar-refractivity contribution in [3.05, 3.63) is 9.67 Å². The first kappa shape index (κ1) is 17.0. The van der Waals surface area contributed by atoms with Crippen LogP contribution in [0.2, 0.25) is 0 Å². The van der Waals surface area contributed by atoms with E-state index in [9.17, 15) is 20.1 Å². The summed E-state index contributed by atoms with van der Waals surface area (Å²) in [7, 11) is 0. The van der Waals surface area contributed by atoms with Gasteiger partial charge in [0.05, 0.1) is 13.2 Å². The molecule has 3 rings (SSSR count). The lowest BCUT2D eigenvalue weighted by Crippen LogP contribution is -2.34. The fourth-order valence-corrected chi connectivity index (χ4v) is 3.42. The Labute approximate surface area is 140 Å². The molecule has 2 aromatic heterocycles. The highest BCUT2D eigenvalue weighted by Crippen LogP contribution is 2.34. The van der Waals surface area contributed by atoms with E-state index in [-0.39, 0.29) is 17.5 Å². The maximum atomic E-state index is 12.4. The maximum Gasteiger partial charge on any atom is 0.311 e. The number of nitrogens with zero attached hydrogens (tertiary/aromatic N) is 3. The molecule has 132 valence electrons. The molecule has 0 aliphatic carbocycles. The standard InChI is InChI=1S/C13H18N4O6S/c1-2-3-22-10-8-9(15-12(14)16-10)17(13(21)24-8)11-7(20)6(19)5(4-18)23-11/h5-7,11,18-20H,2-4H2,1H3,(H2,14,15,16)/t5-,6-,7-,11?/m1/s1. The Morgan fingerprint density at radius 3 is 2.75 bits per heavy atom. The Morgan fingerprint density at radius 2 is 2.12 bits per heavy atom. The molecule has 0 spiro atoms. The van der Waals surface area contributed by atoms with Gasteiger partial charge >= 0.3 is 4.87 Å². The number of aliphatic hydroxyl groups excluding tert-OH is 3. The highest BCUT2D eigenvalue weighted by Gasteiger charge is 2.45. The average Bonchev–Trinajstić information content (AvgIpc) is 3.02. The largest absolute Gasteiger partial charge is 0.476 e. The van der Waals surface area contributed by atoms with Crippen molar-refractivity contribution in [2.45, 2.75) is 37.9 Å². The molecular formula is C13H18N4O6S. The van der Waals surface area contributed by atoms with Crippen molar-refractivity contribution < 1.29 is 24.8 Å². The third-order valence-electron chi connectivity index (χ3n) is 3.66. The number of hydrogen-bond acceptors (Lipinski definition) is 10. The molecule has 1 saturated heterocycles. The third-order valence-corrected chi connectivity index (χ3v) is 4.60. The van der Waals surface area contributed by atoms with Gasteiger partial charge < -0.3 is 30.5 Å². The monoisotopic (exact) mass is 358 g/mol. The second kappa shape index (κ2) is 6.61. The van der Waals surface area contributed by atoms with Crippen molar-refractivity contribution in [1.29, 1.82) is 0 Å². The summed E-state index contributed by atoms with van der Waals surface area (Å²) in [6.07, 6.45) is -4.16. The van der Waals surface area contributed by atoms with Crippen LogP contribution in [0.25, 0.3) is 10.3 Å². The Kier molecular flexibility index (Phi) is 4.69. The number of nitrogens with two attached hydrogens (primary N) is 1. The molecule has 4 atom stereocenters. The topological polar surface area (TPSA) is 153 Å². The van der Waals surface area contributed by atoms with E-state index in [1.807, 2.05) is 6.92 Å². The molecule has 11 heteroatoms. The molecule has 3 heterocycles. The summed E-state index contributed by atoms with van der Waals surface area (Å²) in [5.41, 5.74) is 5.83. The smallest absolute Gasteiger partial charge is 0.311 e. The Bertz CT molecular complexity index is 793. The van der Waals surface area contributed by atoms with Crippen LogP contribution in [-0.4, -0.2) is 61.4 Å². The Hall–Kier alpha value is -1.79. The van der Waals surface area contributed by atoms with E-state index in [4.69, 9.17) is 15.2 Å². The number of anilines is 1. The minimum atomic E-state index is -1.39. The molecule has 0 aromatic carbocycles. The van der Waals surface area contributed by atoms with Crippen molar-refractivity contribution in [1.82, 2.24) is 14.5 Å². The highest BCUT2D eigenvalue weighted by atomic mass is 32.1. The number of ether oxygens (including phenoxy) is 2. The number of aliphatic hydroxyl groups is 3. The van der Waals surface area contributed by atoms with Crippen LogP contribution in [0.15, 0.2) is 4.79 Å². The van der Waals surface area contributed by atoms with E-state index in [0.29, 0.717) is 11.3 Å². The van der Waals surface area contributed by atoms with Crippen LogP contribution in [0, 0.1) is 0 Å². The van der Waals surface area contributed by atoms with E-state index in [1.165, 1.54) is 0 Å². The first-order chi connectivity index (χ1) is 11.5. The normalized spacial score (nSPS) is 27.0. The lowest BCUT2D eigenvalue weighted by molar-refractivity contribution is -0.0518. The minimum absolute atomic E-state index is 0.0908. The predicted molar refractivity (Wildman–Crippen MR) is 84.9 cm³/mol. The summed E-state index contributed by atoms with van der Waals surface area (Å²) < 4.78 is 12.4. The van der Waals surface area contributed by atoms with E-state index < -0.39 is 36.0 Å². The van der Waals surface area contributed by atoms with Crippen molar-refractivity contribution in [2.24, 2.45) is 0 Å². The summed E-state index contributed by atoms with van der Waals surface area (Å²) in [4.78, 5) is 20.0. The van der Waals surface area contributed by atoms with Gasteiger partial charge in [0.2, 0.25) is 11.8 Å². The van der Waals surface area contributed by atoms with E-state index in [1.54, 1.807) is 0 Å². The molecule has 1 aliphatic rings. The molecule has 2 aromatic rings. The molecule has 0 amide bonds. The number of thiazole rings is 1. The fourth-order valence-electron chi connectivity index (χ4n) is 2.52. The van der Waals surface area contributed by atoms with Gasteiger partial charge in [-0.25, -0.2) is 0 Å². The summed E-state index contributed by atoms with van der Waals surface area (Å²) in [5.74, 6) is 0.0961. The SMILES string of the molecule is CCCOc1nc(N)nc2c1sc(=O)n2C1O[C@H](CO)[C@@H](O)[C@H]1O. The zero-order valence-electron chi connectivity index (χ0n) is 12.8. The summed E-state index contributed by atoms with van der Waals surface area (Å²) >= 11 is 0.830. The zero-order chi connectivity index (χ0) is 17.4. The van der Waals surface area contributed by atoms with Crippen LogP contribution >= 0.6 is 11.3 Å². The van der Waals surface area contributed by atoms with Crippen LogP contribution in [0.1, 0.15) is 19.6 Å². The van der Waals surface area contributed by atoms with Gasteiger partial charge in [-0.1, -0.05) is 18.3 Å². The molecule has 1 aliphatic heterocycles. The average molecular weight is 358 g/mol. The van der Waals surface area contributed by atoms with Crippen LogP contribution < -0.4 is 15.3 Å². The number of nitrogen functional groups attached to an aromatic ring is 1. The summed E-state index contributed by atoms with van der Waals surface area (Å²) in [5, 5.41) is 29.2. The second-order valence-electron chi connectivity index (χ2n) is 5.35. The quantitative estimate of drug-likeness (QED) is 0.518. The summed E-state index contributed by atoms with van der Waals surface area (Å²) in [6, 6.07) is 0. The molecule has 24 heavy (non-hydrogen) atoms. The summed E-state index contributed by atoms with van der Waals surface area (Å²) in [6.45, 7) is 1.83. The predicted octanol–water partition coefficient (Wildman–Crippen LogP) is -1.16. The van der Waals surface area contributed by atoms with Gasteiger partial charge in [0.25, 0.3) is 0 Å². The van der Waals surface area contributed by atoms with Crippen LogP contribution in [-0.2, 0) is 4.74 Å². The third kappa shape index (κ3) is 2.74. The van der Waals surface area contributed by atoms with Crippen LogP contribution in [0.5, 0.6) is 5.88 Å². The molecule has 1 unspecified atom stereocenters. The van der Waals surface area contributed by atoms with Gasteiger partial charge in [-0.15, -0.1) is 0 Å². The van der Waals surface area contributed by atoms with Crippen molar-refractivity contribution >= 4 is 27.6 Å². The van der Waals surface area contributed by atoms with Gasteiger partial charge in [0, 0.05) is 0 Å². The molecule has 0 radical (unpaired) electrons. The fraction of sp³-hybridized carbons (Fsp3) is 0.615. The lowest BCUT2D eigenvalue weighted by Gasteiger charge is -2.16. The van der Waals surface area contributed by atoms with E-state index in [0.717, 1.165) is 22.3 Å². The Balaban J connectivity index is 2.11. The first-order valence-electron chi connectivity index (χ1n) is 7.41.